The molecule has 2 aliphatic rings. The molecular weight excluding hydrogens is 285 g/mol. The van der Waals surface area contributed by atoms with E-state index in [1.807, 2.05) is 0 Å². The maximum Gasteiger partial charge on any atom is 0.141 e. The van der Waals surface area contributed by atoms with Gasteiger partial charge in [0.25, 0.3) is 0 Å². The summed E-state index contributed by atoms with van der Waals surface area (Å²) in [7, 11) is 0. The summed E-state index contributed by atoms with van der Waals surface area (Å²) in [6.45, 7) is 0. The summed E-state index contributed by atoms with van der Waals surface area (Å²) in [6, 6.07) is 3.68. The molecule has 3 heterocycles. The normalized spacial score (nSPS) is 24.6. The van der Waals surface area contributed by atoms with E-state index < -0.39 is 0 Å². The van der Waals surface area contributed by atoms with E-state index >= 15 is 0 Å². The Balaban J connectivity index is 1.84. The Morgan fingerprint density at radius 3 is 3.00 bits per heavy atom. The van der Waals surface area contributed by atoms with Gasteiger partial charge in [-0.15, -0.1) is 0 Å². The van der Waals surface area contributed by atoms with Crippen LogP contribution in [0.4, 0.5) is 4.39 Å². The summed E-state index contributed by atoms with van der Waals surface area (Å²) in [4.78, 5) is 4.08. The molecule has 0 spiro atoms. The molecule has 0 radical (unpaired) electrons. The summed E-state index contributed by atoms with van der Waals surface area (Å²) in [5.41, 5.74) is 2.80. The molecule has 3 nitrogen and oxygen atoms in total. The van der Waals surface area contributed by atoms with Crippen molar-refractivity contribution in [3.8, 4) is 11.4 Å². The first-order chi connectivity index (χ1) is 8.24. The topological polar surface area (TPSA) is 30.7 Å². The third-order valence-corrected chi connectivity index (χ3v) is 4.40. The molecule has 4 rings (SSSR count). The molecule has 0 amide bonds. The van der Waals surface area contributed by atoms with E-state index in [0.717, 1.165) is 28.2 Å². The van der Waals surface area contributed by atoms with E-state index in [1.165, 1.54) is 24.4 Å². The smallest absolute Gasteiger partial charge is 0.141 e. The van der Waals surface area contributed by atoms with Crippen LogP contribution >= 0.6 is 15.9 Å². The van der Waals surface area contributed by atoms with Crippen LogP contribution in [0.25, 0.3) is 11.4 Å². The van der Waals surface area contributed by atoms with Crippen molar-refractivity contribution in [2.24, 2.45) is 5.92 Å². The Morgan fingerprint density at radius 1 is 1.41 bits per heavy atom. The van der Waals surface area contributed by atoms with Crippen LogP contribution < -0.4 is 0 Å². The number of halogens is 2. The zero-order chi connectivity index (χ0) is 11.6. The standard InChI is InChI=1S/C12H9BrFN3/c13-11-10-4-6-3-9(6)17(10)16-12(11)8-2-1-7(14)5-15-8/h1-2,5-6,9H,3-4H2/t6-,9-/m1/s1. The highest BCUT2D eigenvalue weighted by molar-refractivity contribution is 9.10. The van der Waals surface area contributed by atoms with E-state index in [4.69, 9.17) is 0 Å². The highest BCUT2D eigenvalue weighted by Gasteiger charge is 2.47. The number of hydrogen-bond acceptors (Lipinski definition) is 2. The van der Waals surface area contributed by atoms with Crippen LogP contribution in [0.2, 0.25) is 0 Å². The van der Waals surface area contributed by atoms with Gasteiger partial charge in [-0.25, -0.2) is 4.39 Å². The van der Waals surface area contributed by atoms with E-state index in [2.05, 4.69) is 30.7 Å². The predicted molar refractivity (Wildman–Crippen MR) is 64.0 cm³/mol. The molecular formula is C12H9BrFN3. The minimum absolute atomic E-state index is 0.320. The van der Waals surface area contributed by atoms with Crippen LogP contribution in [0.15, 0.2) is 22.8 Å². The van der Waals surface area contributed by atoms with Gasteiger partial charge in [0.15, 0.2) is 0 Å². The average Bonchev–Trinajstić information content (AvgIpc) is 2.90. The van der Waals surface area contributed by atoms with Crippen molar-refractivity contribution in [2.45, 2.75) is 18.9 Å². The van der Waals surface area contributed by atoms with Crippen LogP contribution in [0.1, 0.15) is 18.2 Å². The number of rotatable bonds is 1. The molecule has 86 valence electrons. The molecule has 1 aliphatic heterocycles. The fourth-order valence-corrected chi connectivity index (χ4v) is 3.21. The fourth-order valence-electron chi connectivity index (χ4n) is 2.59. The van der Waals surface area contributed by atoms with Crippen molar-refractivity contribution in [3.05, 3.63) is 34.3 Å². The van der Waals surface area contributed by atoms with Gasteiger partial charge < -0.3 is 0 Å². The third-order valence-electron chi connectivity index (χ3n) is 3.57. The Hall–Kier alpha value is -1.23. The van der Waals surface area contributed by atoms with Crippen molar-refractivity contribution >= 4 is 15.9 Å². The third kappa shape index (κ3) is 1.32. The van der Waals surface area contributed by atoms with Gasteiger partial charge in [-0.05, 0) is 46.8 Å². The second kappa shape index (κ2) is 3.16. The largest absolute Gasteiger partial charge is 0.264 e. The lowest BCUT2D eigenvalue weighted by Crippen LogP contribution is -1.96. The van der Waals surface area contributed by atoms with E-state index in [0.29, 0.717) is 6.04 Å². The second-order valence-electron chi connectivity index (χ2n) is 4.68. The Labute approximate surface area is 106 Å². The van der Waals surface area contributed by atoms with Crippen molar-refractivity contribution < 1.29 is 4.39 Å². The van der Waals surface area contributed by atoms with Crippen molar-refractivity contribution in [1.29, 1.82) is 0 Å². The first-order valence-corrected chi connectivity index (χ1v) is 6.42. The first kappa shape index (κ1) is 9.76. The van der Waals surface area contributed by atoms with E-state index in [1.54, 1.807) is 6.07 Å². The maximum absolute atomic E-state index is 12.8. The lowest BCUT2D eigenvalue weighted by atomic mass is 10.2. The number of pyridine rings is 1. The minimum Gasteiger partial charge on any atom is -0.264 e. The van der Waals surface area contributed by atoms with Gasteiger partial charge in [-0.1, -0.05) is 0 Å². The molecule has 5 heteroatoms. The monoisotopic (exact) mass is 293 g/mol. The summed E-state index contributed by atoms with van der Waals surface area (Å²) < 4.78 is 16.0. The number of nitrogens with zero attached hydrogens (tertiary/aromatic N) is 3. The van der Waals surface area contributed by atoms with Gasteiger partial charge in [0.05, 0.1) is 28.1 Å². The van der Waals surface area contributed by atoms with Crippen molar-refractivity contribution in [2.75, 3.05) is 0 Å². The molecule has 1 aliphatic carbocycles. The predicted octanol–water partition coefficient (Wildman–Crippen LogP) is 2.96. The maximum atomic E-state index is 12.8. The van der Waals surface area contributed by atoms with Gasteiger partial charge in [0, 0.05) is 0 Å². The molecule has 2 aromatic rings. The molecule has 0 saturated heterocycles. The van der Waals surface area contributed by atoms with Gasteiger partial charge in [0.2, 0.25) is 0 Å². The van der Waals surface area contributed by atoms with Gasteiger partial charge in [0.1, 0.15) is 11.5 Å². The Kier molecular flexibility index (Phi) is 1.82. The Morgan fingerprint density at radius 2 is 2.29 bits per heavy atom. The van der Waals surface area contributed by atoms with E-state index in [9.17, 15) is 4.39 Å². The summed E-state index contributed by atoms with van der Waals surface area (Å²) in [5, 5.41) is 4.60. The molecule has 0 aromatic carbocycles. The molecule has 0 unspecified atom stereocenters. The molecule has 1 saturated carbocycles. The number of hydrogen-bond donors (Lipinski definition) is 0. The summed E-state index contributed by atoms with van der Waals surface area (Å²) in [6.07, 6.45) is 3.57. The zero-order valence-electron chi connectivity index (χ0n) is 8.90. The molecule has 0 bridgehead atoms. The van der Waals surface area contributed by atoms with Crippen molar-refractivity contribution in [1.82, 2.24) is 14.8 Å². The van der Waals surface area contributed by atoms with Gasteiger partial charge in [-0.3, -0.25) is 9.67 Å². The van der Waals surface area contributed by atoms with Crippen LogP contribution in [-0.2, 0) is 6.42 Å². The van der Waals surface area contributed by atoms with Crippen LogP contribution in [0.3, 0.4) is 0 Å². The second-order valence-corrected chi connectivity index (χ2v) is 5.48. The average molecular weight is 294 g/mol. The van der Waals surface area contributed by atoms with Crippen molar-refractivity contribution in [3.63, 3.8) is 0 Å². The SMILES string of the molecule is Fc1ccc(-c2nn3c(c2Br)C[C@H]2C[C@H]23)nc1. The molecule has 17 heavy (non-hydrogen) atoms. The fraction of sp³-hybridized carbons (Fsp3) is 0.333. The van der Waals surface area contributed by atoms with Crippen LogP contribution in [-0.4, -0.2) is 14.8 Å². The zero-order valence-corrected chi connectivity index (χ0v) is 10.5. The van der Waals surface area contributed by atoms with E-state index in [-0.39, 0.29) is 5.82 Å². The first-order valence-electron chi connectivity index (χ1n) is 5.63. The minimum atomic E-state index is -0.320. The van der Waals surface area contributed by atoms with Gasteiger partial charge >= 0.3 is 0 Å². The molecule has 2 atom stereocenters. The molecule has 2 aromatic heterocycles. The summed E-state index contributed by atoms with van der Waals surface area (Å²) in [5.74, 6) is 0.475. The number of fused-ring (bicyclic) bond motifs is 3. The summed E-state index contributed by atoms with van der Waals surface area (Å²) >= 11 is 3.59. The number of aromatic nitrogens is 3. The lowest BCUT2D eigenvalue weighted by Gasteiger charge is -1.97. The molecule has 1 fully saturated rings. The Bertz CT molecular complexity index is 605. The highest BCUT2D eigenvalue weighted by Crippen LogP contribution is 2.53. The lowest BCUT2D eigenvalue weighted by molar-refractivity contribution is 0.621. The van der Waals surface area contributed by atoms with Crippen LogP contribution in [0, 0.1) is 11.7 Å². The van der Waals surface area contributed by atoms with Crippen LogP contribution in [0.5, 0.6) is 0 Å². The molecule has 0 N–H and O–H groups in total. The van der Waals surface area contributed by atoms with Gasteiger partial charge in [-0.2, -0.15) is 5.10 Å². The highest BCUT2D eigenvalue weighted by atomic mass is 79.9. The quantitative estimate of drug-likeness (QED) is 0.809.